The van der Waals surface area contributed by atoms with Crippen LogP contribution in [0, 0.1) is 5.92 Å². The summed E-state index contributed by atoms with van der Waals surface area (Å²) in [6.07, 6.45) is 4.12. The van der Waals surface area contributed by atoms with Crippen molar-refractivity contribution < 1.29 is 9.59 Å². The van der Waals surface area contributed by atoms with E-state index in [1.165, 1.54) is 0 Å². The molecule has 2 aliphatic heterocycles. The summed E-state index contributed by atoms with van der Waals surface area (Å²) in [4.78, 5) is 28.3. The second kappa shape index (κ2) is 8.36. The number of hydrogen-bond acceptors (Lipinski definition) is 3. The SMILES string of the molecule is CCN(CC)C(=O)N1CCC[C@@H](CNC(=O)[C@H]2CCCN2)C1. The Morgan fingerprint density at radius 3 is 2.64 bits per heavy atom. The summed E-state index contributed by atoms with van der Waals surface area (Å²) in [6.45, 7) is 8.74. The van der Waals surface area contributed by atoms with Crippen molar-refractivity contribution in [3.8, 4) is 0 Å². The van der Waals surface area contributed by atoms with E-state index in [-0.39, 0.29) is 18.0 Å². The first-order valence-corrected chi connectivity index (χ1v) is 8.70. The fourth-order valence-corrected chi connectivity index (χ4v) is 3.38. The molecule has 6 heteroatoms. The third-order valence-corrected chi connectivity index (χ3v) is 4.77. The first-order valence-electron chi connectivity index (χ1n) is 8.70. The summed E-state index contributed by atoms with van der Waals surface area (Å²) in [6, 6.07) is 0.121. The van der Waals surface area contributed by atoms with E-state index in [1.807, 2.05) is 23.6 Å². The lowest BCUT2D eigenvalue weighted by molar-refractivity contribution is -0.123. The van der Waals surface area contributed by atoms with E-state index in [0.29, 0.717) is 12.5 Å². The van der Waals surface area contributed by atoms with Gasteiger partial charge in [-0.2, -0.15) is 0 Å². The number of hydrogen-bond donors (Lipinski definition) is 2. The van der Waals surface area contributed by atoms with Gasteiger partial charge in [0.25, 0.3) is 0 Å². The van der Waals surface area contributed by atoms with Crippen LogP contribution in [-0.2, 0) is 4.79 Å². The maximum atomic E-state index is 12.4. The van der Waals surface area contributed by atoms with Crippen molar-refractivity contribution in [2.45, 2.75) is 45.6 Å². The molecule has 0 unspecified atom stereocenters. The molecule has 2 aliphatic rings. The average Bonchev–Trinajstić information content (AvgIpc) is 3.08. The smallest absolute Gasteiger partial charge is 0.319 e. The molecule has 0 bridgehead atoms. The highest BCUT2D eigenvalue weighted by atomic mass is 16.2. The van der Waals surface area contributed by atoms with E-state index < -0.39 is 0 Å². The number of nitrogens with one attached hydrogen (secondary N) is 2. The molecule has 22 heavy (non-hydrogen) atoms. The van der Waals surface area contributed by atoms with E-state index in [9.17, 15) is 9.59 Å². The van der Waals surface area contributed by atoms with Crippen LogP contribution in [0.25, 0.3) is 0 Å². The standard InChI is InChI=1S/C16H30N4O2/c1-3-19(4-2)16(22)20-10-6-7-13(12-20)11-18-15(21)14-8-5-9-17-14/h13-14,17H,3-12H2,1-2H3,(H,18,21)/t13-,14+/m0/s1. The van der Waals surface area contributed by atoms with Gasteiger partial charge in [0.1, 0.15) is 0 Å². The Bertz CT molecular complexity index is 378. The van der Waals surface area contributed by atoms with Crippen LogP contribution in [0.3, 0.4) is 0 Å². The molecule has 2 N–H and O–H groups in total. The van der Waals surface area contributed by atoms with Gasteiger partial charge < -0.3 is 20.4 Å². The molecule has 2 heterocycles. The summed E-state index contributed by atoms with van der Waals surface area (Å²) in [5.74, 6) is 0.489. The van der Waals surface area contributed by atoms with Crippen molar-refractivity contribution in [3.63, 3.8) is 0 Å². The molecule has 2 fully saturated rings. The van der Waals surface area contributed by atoms with Crippen molar-refractivity contribution in [1.82, 2.24) is 20.4 Å². The zero-order valence-corrected chi connectivity index (χ0v) is 13.9. The summed E-state index contributed by atoms with van der Waals surface area (Å²) in [5.41, 5.74) is 0. The minimum atomic E-state index is -0.0167. The Kier molecular flexibility index (Phi) is 6.49. The fourth-order valence-electron chi connectivity index (χ4n) is 3.38. The van der Waals surface area contributed by atoms with Crippen LogP contribution >= 0.6 is 0 Å². The number of urea groups is 1. The van der Waals surface area contributed by atoms with Gasteiger partial charge in [-0.25, -0.2) is 4.79 Å². The van der Waals surface area contributed by atoms with Crippen LogP contribution in [0.1, 0.15) is 39.5 Å². The van der Waals surface area contributed by atoms with Gasteiger partial charge in [-0.05, 0) is 52.0 Å². The average molecular weight is 310 g/mol. The predicted octanol–water partition coefficient (Wildman–Crippen LogP) is 1.03. The largest absolute Gasteiger partial charge is 0.354 e. The highest BCUT2D eigenvalue weighted by Crippen LogP contribution is 2.17. The van der Waals surface area contributed by atoms with Crippen LogP contribution < -0.4 is 10.6 Å². The maximum Gasteiger partial charge on any atom is 0.319 e. The molecule has 0 aromatic carbocycles. The molecule has 6 nitrogen and oxygen atoms in total. The number of carbonyl (C=O) groups excluding carboxylic acids is 2. The van der Waals surface area contributed by atoms with Crippen molar-refractivity contribution in [3.05, 3.63) is 0 Å². The Labute approximate surface area is 133 Å². The van der Waals surface area contributed by atoms with Crippen LogP contribution in [0.4, 0.5) is 4.79 Å². The van der Waals surface area contributed by atoms with Crippen molar-refractivity contribution in [1.29, 1.82) is 0 Å². The number of rotatable bonds is 5. The third-order valence-electron chi connectivity index (χ3n) is 4.77. The second-order valence-corrected chi connectivity index (χ2v) is 6.30. The summed E-state index contributed by atoms with van der Waals surface area (Å²) >= 11 is 0. The zero-order valence-electron chi connectivity index (χ0n) is 13.9. The highest BCUT2D eigenvalue weighted by molar-refractivity contribution is 5.82. The molecule has 0 aliphatic carbocycles. The number of nitrogens with zero attached hydrogens (tertiary/aromatic N) is 2. The Morgan fingerprint density at radius 1 is 1.23 bits per heavy atom. The molecular weight excluding hydrogens is 280 g/mol. The van der Waals surface area contributed by atoms with E-state index >= 15 is 0 Å². The first kappa shape index (κ1) is 17.1. The number of piperidine rings is 1. The lowest BCUT2D eigenvalue weighted by Crippen LogP contribution is -2.50. The second-order valence-electron chi connectivity index (χ2n) is 6.30. The zero-order chi connectivity index (χ0) is 15.9. The third kappa shape index (κ3) is 4.35. The number of carbonyl (C=O) groups is 2. The lowest BCUT2D eigenvalue weighted by Gasteiger charge is -2.36. The molecule has 2 rings (SSSR count). The Balaban J connectivity index is 1.77. The maximum absolute atomic E-state index is 12.4. The normalized spacial score (nSPS) is 25.1. The van der Waals surface area contributed by atoms with Gasteiger partial charge in [0.05, 0.1) is 6.04 Å². The van der Waals surface area contributed by atoms with Gasteiger partial charge in [-0.15, -0.1) is 0 Å². The fraction of sp³-hybridized carbons (Fsp3) is 0.875. The topological polar surface area (TPSA) is 64.7 Å². The summed E-state index contributed by atoms with van der Waals surface area (Å²) < 4.78 is 0. The van der Waals surface area contributed by atoms with Crippen molar-refractivity contribution in [2.75, 3.05) is 39.3 Å². The summed E-state index contributed by atoms with van der Waals surface area (Å²) in [7, 11) is 0. The molecule has 0 aromatic rings. The molecule has 0 aromatic heterocycles. The summed E-state index contributed by atoms with van der Waals surface area (Å²) in [5, 5.41) is 6.28. The van der Waals surface area contributed by atoms with E-state index in [4.69, 9.17) is 0 Å². The molecule has 3 amide bonds. The molecule has 126 valence electrons. The van der Waals surface area contributed by atoms with Crippen LogP contribution in [0.5, 0.6) is 0 Å². The van der Waals surface area contributed by atoms with Gasteiger partial charge in [0, 0.05) is 32.7 Å². The van der Waals surface area contributed by atoms with Crippen molar-refractivity contribution in [2.24, 2.45) is 5.92 Å². The molecule has 2 atom stereocenters. The van der Waals surface area contributed by atoms with E-state index in [0.717, 1.165) is 58.4 Å². The quantitative estimate of drug-likeness (QED) is 0.797. The predicted molar refractivity (Wildman–Crippen MR) is 86.6 cm³/mol. The van der Waals surface area contributed by atoms with E-state index in [1.54, 1.807) is 0 Å². The van der Waals surface area contributed by atoms with Gasteiger partial charge >= 0.3 is 6.03 Å². The first-order chi connectivity index (χ1) is 10.7. The molecule has 2 saturated heterocycles. The Morgan fingerprint density at radius 2 is 2.00 bits per heavy atom. The number of amides is 3. The van der Waals surface area contributed by atoms with Crippen LogP contribution in [0.2, 0.25) is 0 Å². The van der Waals surface area contributed by atoms with Crippen molar-refractivity contribution >= 4 is 11.9 Å². The van der Waals surface area contributed by atoms with Gasteiger partial charge in [-0.3, -0.25) is 4.79 Å². The monoisotopic (exact) mass is 310 g/mol. The van der Waals surface area contributed by atoms with Gasteiger partial charge in [0.2, 0.25) is 5.91 Å². The molecule has 0 saturated carbocycles. The number of likely N-dealkylation sites (tertiary alicyclic amines) is 1. The van der Waals surface area contributed by atoms with Crippen LogP contribution in [-0.4, -0.2) is 67.0 Å². The highest BCUT2D eigenvalue weighted by Gasteiger charge is 2.27. The molecule has 0 spiro atoms. The van der Waals surface area contributed by atoms with Gasteiger partial charge in [-0.1, -0.05) is 0 Å². The molecular formula is C16H30N4O2. The minimum absolute atomic E-state index is 0.0167. The minimum Gasteiger partial charge on any atom is -0.354 e. The van der Waals surface area contributed by atoms with E-state index in [2.05, 4.69) is 10.6 Å². The van der Waals surface area contributed by atoms with Gasteiger partial charge in [0.15, 0.2) is 0 Å². The lowest BCUT2D eigenvalue weighted by atomic mass is 9.98. The van der Waals surface area contributed by atoms with Crippen LogP contribution in [0.15, 0.2) is 0 Å². The molecule has 0 radical (unpaired) electrons. The Hall–Kier alpha value is -1.30.